The fourth-order valence-electron chi connectivity index (χ4n) is 0.494. The highest BCUT2D eigenvalue weighted by Gasteiger charge is 1.94. The number of aliphatic hydroxyl groups is 1. The van der Waals surface area contributed by atoms with Gasteiger partial charge in [-0.05, 0) is 6.92 Å². The molecule has 4 heteroatoms. The molecule has 11 heavy (non-hydrogen) atoms. The molecule has 0 saturated carbocycles. The van der Waals surface area contributed by atoms with Crippen molar-refractivity contribution in [3.05, 3.63) is 12.2 Å². The fraction of sp³-hybridized carbons (Fsp3) is 0.571. The Morgan fingerprint density at radius 2 is 2.36 bits per heavy atom. The SMILES string of the molecule is CC(CO)NC/C=C/C(=O)O. The molecule has 0 aliphatic rings. The minimum atomic E-state index is -0.955. The van der Waals surface area contributed by atoms with Gasteiger partial charge in [-0.15, -0.1) is 0 Å². The van der Waals surface area contributed by atoms with Crippen LogP contribution in [-0.2, 0) is 4.79 Å². The first-order valence-electron chi connectivity index (χ1n) is 3.40. The van der Waals surface area contributed by atoms with Crippen molar-refractivity contribution >= 4 is 5.97 Å². The van der Waals surface area contributed by atoms with E-state index in [1.54, 1.807) is 0 Å². The van der Waals surface area contributed by atoms with E-state index in [-0.39, 0.29) is 12.6 Å². The number of carboxylic acids is 1. The number of hydrogen-bond donors (Lipinski definition) is 3. The number of aliphatic hydroxyl groups excluding tert-OH is 1. The van der Waals surface area contributed by atoms with Gasteiger partial charge in [-0.25, -0.2) is 4.79 Å². The molecule has 0 spiro atoms. The fourth-order valence-corrected chi connectivity index (χ4v) is 0.494. The summed E-state index contributed by atoms with van der Waals surface area (Å²) >= 11 is 0. The van der Waals surface area contributed by atoms with Crippen LogP contribution in [0.25, 0.3) is 0 Å². The molecule has 0 saturated heterocycles. The van der Waals surface area contributed by atoms with Crippen molar-refractivity contribution in [1.82, 2.24) is 5.32 Å². The Balaban J connectivity index is 3.33. The molecule has 0 aliphatic heterocycles. The second kappa shape index (κ2) is 5.88. The summed E-state index contributed by atoms with van der Waals surface area (Å²) in [7, 11) is 0. The van der Waals surface area contributed by atoms with Gasteiger partial charge in [-0.3, -0.25) is 0 Å². The van der Waals surface area contributed by atoms with E-state index in [1.807, 2.05) is 6.92 Å². The summed E-state index contributed by atoms with van der Waals surface area (Å²) in [5.74, 6) is -0.955. The van der Waals surface area contributed by atoms with Crippen LogP contribution in [0, 0.1) is 0 Å². The van der Waals surface area contributed by atoms with Gasteiger partial charge in [0.25, 0.3) is 0 Å². The zero-order valence-corrected chi connectivity index (χ0v) is 6.45. The van der Waals surface area contributed by atoms with E-state index >= 15 is 0 Å². The van der Waals surface area contributed by atoms with Crippen molar-refractivity contribution < 1.29 is 15.0 Å². The summed E-state index contributed by atoms with van der Waals surface area (Å²) in [5, 5.41) is 19.6. The molecule has 0 bridgehead atoms. The molecule has 0 aromatic heterocycles. The number of nitrogens with one attached hydrogen (secondary N) is 1. The molecule has 0 aromatic rings. The van der Waals surface area contributed by atoms with Crippen LogP contribution in [0.4, 0.5) is 0 Å². The van der Waals surface area contributed by atoms with Gasteiger partial charge < -0.3 is 15.5 Å². The lowest BCUT2D eigenvalue weighted by Gasteiger charge is -2.06. The molecule has 64 valence electrons. The molecule has 0 amide bonds. The largest absolute Gasteiger partial charge is 0.478 e. The third kappa shape index (κ3) is 7.02. The summed E-state index contributed by atoms with van der Waals surface area (Å²) in [5.41, 5.74) is 0. The highest BCUT2D eigenvalue weighted by molar-refractivity contribution is 5.79. The maximum atomic E-state index is 9.95. The smallest absolute Gasteiger partial charge is 0.328 e. The number of carbonyl (C=O) groups is 1. The monoisotopic (exact) mass is 159 g/mol. The molecular formula is C7H13NO3. The predicted octanol–water partition coefficient (Wildman–Crippen LogP) is -0.402. The quantitative estimate of drug-likeness (QED) is 0.477. The van der Waals surface area contributed by atoms with Crippen LogP contribution in [0.3, 0.4) is 0 Å². The molecule has 4 nitrogen and oxygen atoms in total. The maximum Gasteiger partial charge on any atom is 0.328 e. The van der Waals surface area contributed by atoms with Crippen molar-refractivity contribution in [3.8, 4) is 0 Å². The van der Waals surface area contributed by atoms with Crippen molar-refractivity contribution in [2.45, 2.75) is 13.0 Å². The first-order valence-corrected chi connectivity index (χ1v) is 3.40. The lowest BCUT2D eigenvalue weighted by Crippen LogP contribution is -2.29. The maximum absolute atomic E-state index is 9.95. The molecular weight excluding hydrogens is 146 g/mol. The topological polar surface area (TPSA) is 69.6 Å². The Bertz CT molecular complexity index is 145. The third-order valence-electron chi connectivity index (χ3n) is 1.12. The van der Waals surface area contributed by atoms with Gasteiger partial charge in [0.1, 0.15) is 0 Å². The van der Waals surface area contributed by atoms with Gasteiger partial charge in [0, 0.05) is 18.7 Å². The first-order chi connectivity index (χ1) is 5.16. The van der Waals surface area contributed by atoms with Crippen molar-refractivity contribution in [1.29, 1.82) is 0 Å². The lowest BCUT2D eigenvalue weighted by molar-refractivity contribution is -0.131. The van der Waals surface area contributed by atoms with E-state index in [1.165, 1.54) is 6.08 Å². The number of carboxylic acid groups (broad SMARTS) is 1. The summed E-state index contributed by atoms with van der Waals surface area (Å²) in [6, 6.07) is 0.00782. The highest BCUT2D eigenvalue weighted by atomic mass is 16.4. The molecule has 0 rings (SSSR count). The molecule has 1 unspecified atom stereocenters. The third-order valence-corrected chi connectivity index (χ3v) is 1.12. The van der Waals surface area contributed by atoms with E-state index < -0.39 is 5.97 Å². The van der Waals surface area contributed by atoms with Crippen molar-refractivity contribution in [2.24, 2.45) is 0 Å². The first kappa shape index (κ1) is 10.1. The number of aliphatic carboxylic acids is 1. The Labute approximate surface area is 65.5 Å². The Morgan fingerprint density at radius 3 is 2.82 bits per heavy atom. The Morgan fingerprint density at radius 1 is 1.73 bits per heavy atom. The molecule has 0 aromatic carbocycles. The number of hydrogen-bond acceptors (Lipinski definition) is 3. The minimum Gasteiger partial charge on any atom is -0.478 e. The van der Waals surface area contributed by atoms with Gasteiger partial charge in [-0.1, -0.05) is 6.08 Å². The highest BCUT2D eigenvalue weighted by Crippen LogP contribution is 1.77. The second-order valence-corrected chi connectivity index (χ2v) is 2.23. The van der Waals surface area contributed by atoms with Crippen molar-refractivity contribution in [2.75, 3.05) is 13.2 Å². The zero-order chi connectivity index (χ0) is 8.69. The van der Waals surface area contributed by atoms with Gasteiger partial charge in [-0.2, -0.15) is 0 Å². The van der Waals surface area contributed by atoms with E-state index in [4.69, 9.17) is 10.2 Å². The van der Waals surface area contributed by atoms with Crippen LogP contribution >= 0.6 is 0 Å². The summed E-state index contributed by atoms with van der Waals surface area (Å²) in [6.07, 6.45) is 2.56. The number of rotatable bonds is 5. The van der Waals surface area contributed by atoms with Gasteiger partial charge >= 0.3 is 5.97 Å². The van der Waals surface area contributed by atoms with Gasteiger partial charge in [0.05, 0.1) is 6.61 Å². The predicted molar refractivity (Wildman–Crippen MR) is 41.3 cm³/mol. The van der Waals surface area contributed by atoms with E-state index in [2.05, 4.69) is 5.32 Å². The van der Waals surface area contributed by atoms with Crippen LogP contribution in [0.1, 0.15) is 6.92 Å². The van der Waals surface area contributed by atoms with Crippen LogP contribution in [-0.4, -0.2) is 35.4 Å². The van der Waals surface area contributed by atoms with Crippen LogP contribution in [0.5, 0.6) is 0 Å². The van der Waals surface area contributed by atoms with Gasteiger partial charge in [0.2, 0.25) is 0 Å². The van der Waals surface area contributed by atoms with E-state index in [0.29, 0.717) is 6.54 Å². The summed E-state index contributed by atoms with van der Waals surface area (Å²) in [6.45, 7) is 2.34. The van der Waals surface area contributed by atoms with Crippen LogP contribution < -0.4 is 5.32 Å². The average molecular weight is 159 g/mol. The van der Waals surface area contributed by atoms with Crippen LogP contribution in [0.15, 0.2) is 12.2 Å². The molecule has 0 radical (unpaired) electrons. The Kier molecular flexibility index (Phi) is 5.42. The average Bonchev–Trinajstić information content (AvgIpc) is 1.97. The van der Waals surface area contributed by atoms with Gasteiger partial charge in [0.15, 0.2) is 0 Å². The lowest BCUT2D eigenvalue weighted by atomic mass is 10.3. The van der Waals surface area contributed by atoms with Crippen LogP contribution in [0.2, 0.25) is 0 Å². The van der Waals surface area contributed by atoms with E-state index in [9.17, 15) is 4.79 Å². The summed E-state index contributed by atoms with van der Waals surface area (Å²) < 4.78 is 0. The standard InChI is InChI=1S/C7H13NO3/c1-6(5-9)8-4-2-3-7(10)11/h2-3,6,8-9H,4-5H2,1H3,(H,10,11)/b3-2+. The van der Waals surface area contributed by atoms with Crippen molar-refractivity contribution in [3.63, 3.8) is 0 Å². The normalized spacial score (nSPS) is 13.6. The molecule has 0 aliphatic carbocycles. The summed E-state index contributed by atoms with van der Waals surface area (Å²) in [4.78, 5) is 9.95. The zero-order valence-electron chi connectivity index (χ0n) is 6.45. The molecule has 1 atom stereocenters. The Hall–Kier alpha value is -0.870. The molecule has 3 N–H and O–H groups in total. The minimum absolute atomic E-state index is 0.00782. The molecule has 0 heterocycles. The molecule has 0 fully saturated rings. The second-order valence-electron chi connectivity index (χ2n) is 2.23. The van der Waals surface area contributed by atoms with E-state index in [0.717, 1.165) is 6.08 Å².